The zero-order valence-electron chi connectivity index (χ0n) is 9.41. The Bertz CT molecular complexity index is 613. The van der Waals surface area contributed by atoms with E-state index in [2.05, 4.69) is 15.5 Å². The van der Waals surface area contributed by atoms with E-state index in [-0.39, 0.29) is 5.69 Å². The molecule has 1 amide bonds. The number of hydrogen-bond donors (Lipinski definition) is 1. The van der Waals surface area contributed by atoms with E-state index in [1.807, 2.05) is 0 Å². The van der Waals surface area contributed by atoms with Crippen molar-refractivity contribution in [2.75, 3.05) is 7.05 Å². The van der Waals surface area contributed by atoms with Gasteiger partial charge in [-0.1, -0.05) is 0 Å². The fourth-order valence-corrected chi connectivity index (χ4v) is 1.35. The highest BCUT2D eigenvalue weighted by Crippen LogP contribution is 2.02. The number of amides is 1. The summed E-state index contributed by atoms with van der Waals surface area (Å²) in [6.07, 6.45) is 4.81. The molecule has 0 unspecified atom stereocenters. The summed E-state index contributed by atoms with van der Waals surface area (Å²) in [6.45, 7) is 0. The van der Waals surface area contributed by atoms with Crippen LogP contribution in [0.3, 0.4) is 0 Å². The number of nitrogens with one attached hydrogen (secondary N) is 1. The highest BCUT2D eigenvalue weighted by Gasteiger charge is 2.11. The summed E-state index contributed by atoms with van der Waals surface area (Å²) in [5, 5.41) is 10.3. The Balaban J connectivity index is 2.51. The van der Waals surface area contributed by atoms with Crippen LogP contribution >= 0.6 is 0 Å². The Kier molecular flexibility index (Phi) is 2.73. The van der Waals surface area contributed by atoms with Crippen LogP contribution in [-0.2, 0) is 7.05 Å². The molecule has 0 saturated heterocycles. The fraction of sp³-hybridized carbons (Fsp3) is 0.200. The highest BCUT2D eigenvalue weighted by atomic mass is 16.2. The van der Waals surface area contributed by atoms with Gasteiger partial charge in [-0.25, -0.2) is 4.68 Å². The van der Waals surface area contributed by atoms with Gasteiger partial charge in [0.1, 0.15) is 5.69 Å². The Labute approximate surface area is 96.7 Å². The van der Waals surface area contributed by atoms with Crippen LogP contribution in [0.15, 0.2) is 29.5 Å². The maximum Gasteiger partial charge on any atom is 0.275 e. The number of rotatable bonds is 2. The molecular formula is C10H11N5O2. The molecule has 0 bridgehead atoms. The third-order valence-corrected chi connectivity index (χ3v) is 2.21. The summed E-state index contributed by atoms with van der Waals surface area (Å²) in [7, 11) is 3.22. The first kappa shape index (κ1) is 11.1. The van der Waals surface area contributed by atoms with Crippen molar-refractivity contribution in [3.8, 4) is 5.69 Å². The molecule has 88 valence electrons. The number of aryl methyl sites for hydroxylation is 1. The van der Waals surface area contributed by atoms with Gasteiger partial charge < -0.3 is 5.32 Å². The van der Waals surface area contributed by atoms with Crippen LogP contribution in [0.5, 0.6) is 0 Å². The molecule has 0 aliphatic carbocycles. The minimum absolute atomic E-state index is 0.140. The topological polar surface area (TPSA) is 81.8 Å². The third-order valence-electron chi connectivity index (χ3n) is 2.21. The quantitative estimate of drug-likeness (QED) is 0.745. The summed E-state index contributed by atoms with van der Waals surface area (Å²) in [4.78, 5) is 22.9. The standard InChI is InChI=1S/C10H11N5O2/c1-11-10(17)9-8(16)3-4-15(13-9)7-5-12-14(2)6-7/h3-6H,1-2H3,(H,11,17). The van der Waals surface area contributed by atoms with Gasteiger partial charge in [0.05, 0.1) is 12.4 Å². The van der Waals surface area contributed by atoms with E-state index in [9.17, 15) is 9.59 Å². The first-order valence-electron chi connectivity index (χ1n) is 4.93. The molecule has 2 heterocycles. The Morgan fingerprint density at radius 2 is 2.24 bits per heavy atom. The van der Waals surface area contributed by atoms with E-state index < -0.39 is 11.3 Å². The number of nitrogens with zero attached hydrogens (tertiary/aromatic N) is 4. The third kappa shape index (κ3) is 2.07. The molecule has 2 aromatic heterocycles. The van der Waals surface area contributed by atoms with Crippen molar-refractivity contribution in [3.05, 3.63) is 40.6 Å². The summed E-state index contributed by atoms with van der Waals surface area (Å²) < 4.78 is 3.04. The van der Waals surface area contributed by atoms with Gasteiger partial charge >= 0.3 is 0 Å². The SMILES string of the molecule is CNC(=O)c1nn(-c2cnn(C)c2)ccc1=O. The van der Waals surface area contributed by atoms with E-state index >= 15 is 0 Å². The van der Waals surface area contributed by atoms with Crippen LogP contribution in [0.2, 0.25) is 0 Å². The van der Waals surface area contributed by atoms with Gasteiger partial charge in [-0.2, -0.15) is 10.2 Å². The van der Waals surface area contributed by atoms with Gasteiger partial charge in [0.2, 0.25) is 5.43 Å². The molecule has 2 aromatic rings. The second kappa shape index (κ2) is 4.20. The van der Waals surface area contributed by atoms with Crippen molar-refractivity contribution in [2.45, 2.75) is 0 Å². The molecule has 0 radical (unpaired) electrons. The predicted molar refractivity (Wildman–Crippen MR) is 60.0 cm³/mol. The van der Waals surface area contributed by atoms with Crippen LogP contribution in [0.4, 0.5) is 0 Å². The average Bonchev–Trinajstić information content (AvgIpc) is 2.75. The minimum Gasteiger partial charge on any atom is -0.354 e. The summed E-state index contributed by atoms with van der Waals surface area (Å²) in [6, 6.07) is 1.30. The predicted octanol–water partition coefficient (Wildman–Crippen LogP) is -0.674. The highest BCUT2D eigenvalue weighted by molar-refractivity contribution is 5.91. The average molecular weight is 233 g/mol. The zero-order valence-corrected chi connectivity index (χ0v) is 9.41. The smallest absolute Gasteiger partial charge is 0.275 e. The van der Waals surface area contributed by atoms with Gasteiger partial charge in [0, 0.05) is 26.4 Å². The lowest BCUT2D eigenvalue weighted by Crippen LogP contribution is -2.28. The monoisotopic (exact) mass is 233 g/mol. The van der Waals surface area contributed by atoms with E-state index in [0.717, 1.165) is 0 Å². The lowest BCUT2D eigenvalue weighted by molar-refractivity contribution is 0.0955. The minimum atomic E-state index is -0.506. The van der Waals surface area contributed by atoms with Crippen LogP contribution < -0.4 is 10.7 Å². The van der Waals surface area contributed by atoms with Crippen LogP contribution in [0.1, 0.15) is 10.5 Å². The van der Waals surface area contributed by atoms with Crippen LogP contribution in [0.25, 0.3) is 5.69 Å². The molecule has 0 aliphatic heterocycles. The van der Waals surface area contributed by atoms with Crippen molar-refractivity contribution in [2.24, 2.45) is 7.05 Å². The second-order valence-electron chi connectivity index (χ2n) is 3.42. The van der Waals surface area contributed by atoms with Gasteiger partial charge in [0.25, 0.3) is 5.91 Å². The van der Waals surface area contributed by atoms with Crippen molar-refractivity contribution in [1.82, 2.24) is 24.9 Å². The molecule has 0 saturated carbocycles. The molecule has 7 nitrogen and oxygen atoms in total. The number of hydrogen-bond acceptors (Lipinski definition) is 4. The van der Waals surface area contributed by atoms with E-state index in [0.29, 0.717) is 5.69 Å². The fourth-order valence-electron chi connectivity index (χ4n) is 1.35. The molecule has 17 heavy (non-hydrogen) atoms. The summed E-state index contributed by atoms with van der Waals surface area (Å²) in [5.74, 6) is -0.506. The van der Waals surface area contributed by atoms with E-state index in [1.54, 1.807) is 24.1 Å². The number of aromatic nitrogens is 4. The summed E-state index contributed by atoms with van der Waals surface area (Å²) >= 11 is 0. The van der Waals surface area contributed by atoms with Gasteiger partial charge in [0.15, 0.2) is 5.69 Å². The van der Waals surface area contributed by atoms with Crippen molar-refractivity contribution < 1.29 is 4.79 Å². The van der Waals surface area contributed by atoms with Gasteiger partial charge in [-0.05, 0) is 0 Å². The van der Waals surface area contributed by atoms with Gasteiger partial charge in [-0.3, -0.25) is 14.3 Å². The Morgan fingerprint density at radius 3 is 2.82 bits per heavy atom. The molecule has 2 rings (SSSR count). The molecular weight excluding hydrogens is 222 g/mol. The number of carbonyl (C=O) groups is 1. The largest absolute Gasteiger partial charge is 0.354 e. The van der Waals surface area contributed by atoms with Crippen LogP contribution in [-0.4, -0.2) is 32.5 Å². The molecule has 0 fully saturated rings. The molecule has 0 aromatic carbocycles. The first-order chi connectivity index (χ1) is 8.11. The van der Waals surface area contributed by atoms with E-state index in [1.165, 1.54) is 24.0 Å². The normalized spacial score (nSPS) is 10.2. The van der Waals surface area contributed by atoms with E-state index in [4.69, 9.17) is 0 Å². The molecule has 1 N–H and O–H groups in total. The molecule has 0 atom stereocenters. The van der Waals surface area contributed by atoms with Crippen LogP contribution in [0, 0.1) is 0 Å². The van der Waals surface area contributed by atoms with Crippen molar-refractivity contribution >= 4 is 5.91 Å². The Hall–Kier alpha value is -2.44. The second-order valence-corrected chi connectivity index (χ2v) is 3.42. The molecule has 7 heteroatoms. The number of carbonyl (C=O) groups excluding carboxylic acids is 1. The van der Waals surface area contributed by atoms with Gasteiger partial charge in [-0.15, -0.1) is 0 Å². The maximum absolute atomic E-state index is 11.5. The molecule has 0 spiro atoms. The first-order valence-corrected chi connectivity index (χ1v) is 4.93. The maximum atomic E-state index is 11.5. The zero-order chi connectivity index (χ0) is 12.4. The molecule has 0 aliphatic rings. The Morgan fingerprint density at radius 1 is 1.47 bits per heavy atom. The van der Waals surface area contributed by atoms with Crippen molar-refractivity contribution in [1.29, 1.82) is 0 Å². The lowest BCUT2D eigenvalue weighted by atomic mass is 10.3. The van der Waals surface area contributed by atoms with Crippen molar-refractivity contribution in [3.63, 3.8) is 0 Å². The lowest BCUT2D eigenvalue weighted by Gasteiger charge is -2.03. The summed E-state index contributed by atoms with van der Waals surface area (Å²) in [5.41, 5.74) is 0.126.